The third-order valence-electron chi connectivity index (χ3n) is 6.47. The Morgan fingerprint density at radius 2 is 1.86 bits per heavy atom. The first-order chi connectivity index (χ1) is 17.5. The number of likely N-dealkylation sites (tertiary alicyclic amines) is 1. The molecule has 1 N–H and O–H groups in total. The number of hydrogen-bond acceptors (Lipinski definition) is 5. The van der Waals surface area contributed by atoms with E-state index >= 15 is 0 Å². The van der Waals surface area contributed by atoms with Gasteiger partial charge in [-0.1, -0.05) is 55.1 Å². The number of hydrogen-bond donors (Lipinski definition) is 1. The summed E-state index contributed by atoms with van der Waals surface area (Å²) in [6, 6.07) is 21.3. The molecule has 1 amide bonds. The van der Waals surface area contributed by atoms with Crippen LogP contribution in [0.4, 0.5) is 0 Å². The van der Waals surface area contributed by atoms with E-state index in [0.29, 0.717) is 29.9 Å². The molecule has 0 saturated carbocycles. The van der Waals surface area contributed by atoms with Crippen molar-refractivity contribution < 1.29 is 24.2 Å². The van der Waals surface area contributed by atoms with Crippen LogP contribution in [0, 0.1) is 0 Å². The highest BCUT2D eigenvalue weighted by Crippen LogP contribution is 2.41. The van der Waals surface area contributed by atoms with E-state index in [1.165, 1.54) is 4.90 Å². The minimum absolute atomic E-state index is 0.0515. The van der Waals surface area contributed by atoms with Gasteiger partial charge >= 0.3 is 0 Å². The molecular formula is C30H27NO5. The first-order valence-corrected chi connectivity index (χ1v) is 11.9. The van der Waals surface area contributed by atoms with Crippen molar-refractivity contribution in [3.05, 3.63) is 113 Å². The molecule has 1 fully saturated rings. The van der Waals surface area contributed by atoms with Crippen LogP contribution in [0.1, 0.15) is 35.2 Å². The van der Waals surface area contributed by atoms with Crippen molar-refractivity contribution in [3.8, 4) is 11.5 Å². The summed E-state index contributed by atoms with van der Waals surface area (Å²) in [5.41, 5.74) is 3.11. The fourth-order valence-electron chi connectivity index (χ4n) is 4.80. The number of fused-ring (bicyclic) bond motifs is 1. The van der Waals surface area contributed by atoms with E-state index in [0.717, 1.165) is 16.9 Å². The number of carbonyl (C=O) groups excluding carboxylic acids is 2. The third kappa shape index (κ3) is 4.38. The first-order valence-electron chi connectivity index (χ1n) is 11.9. The van der Waals surface area contributed by atoms with E-state index in [1.54, 1.807) is 30.3 Å². The molecule has 6 heteroatoms. The molecule has 5 rings (SSSR count). The van der Waals surface area contributed by atoms with Gasteiger partial charge in [0, 0.05) is 18.5 Å². The maximum atomic E-state index is 13.3. The SMILES string of the molecule is C=CCOc1ccc([C@H]2/C(=C(\O)c3ccc4c(c3)C[C@H](C)O4)C(=O)C(=O)N2Cc2ccccc2)cc1. The largest absolute Gasteiger partial charge is 0.507 e. The zero-order valence-electron chi connectivity index (χ0n) is 20.0. The van der Waals surface area contributed by atoms with E-state index in [4.69, 9.17) is 9.47 Å². The lowest BCUT2D eigenvalue weighted by molar-refractivity contribution is -0.140. The first kappa shape index (κ1) is 23.4. The number of Topliss-reactive ketones (excluding diaryl/α,β-unsaturated/α-hetero) is 1. The van der Waals surface area contributed by atoms with Crippen LogP contribution in [0.25, 0.3) is 5.76 Å². The predicted octanol–water partition coefficient (Wildman–Crippen LogP) is 5.20. The Labute approximate surface area is 210 Å². The monoisotopic (exact) mass is 481 g/mol. The second-order valence-electron chi connectivity index (χ2n) is 9.04. The molecule has 3 aromatic rings. The number of ketones is 1. The van der Waals surface area contributed by atoms with Gasteiger partial charge in [-0.3, -0.25) is 9.59 Å². The van der Waals surface area contributed by atoms with Crippen LogP contribution in [0.15, 0.2) is 91.0 Å². The number of carbonyl (C=O) groups is 2. The normalized spacial score (nSPS) is 20.2. The van der Waals surface area contributed by atoms with Gasteiger partial charge in [-0.05, 0) is 53.9 Å². The topological polar surface area (TPSA) is 76.1 Å². The lowest BCUT2D eigenvalue weighted by Crippen LogP contribution is -2.29. The number of aliphatic hydroxyl groups is 1. The van der Waals surface area contributed by atoms with Crippen LogP contribution in [0.2, 0.25) is 0 Å². The number of ether oxygens (including phenoxy) is 2. The van der Waals surface area contributed by atoms with Crippen molar-refractivity contribution in [2.24, 2.45) is 0 Å². The molecule has 2 atom stereocenters. The third-order valence-corrected chi connectivity index (χ3v) is 6.47. The summed E-state index contributed by atoms with van der Waals surface area (Å²) < 4.78 is 11.4. The van der Waals surface area contributed by atoms with Gasteiger partial charge in [-0.2, -0.15) is 0 Å². The molecular weight excluding hydrogens is 454 g/mol. The highest BCUT2D eigenvalue weighted by molar-refractivity contribution is 6.46. The molecule has 0 radical (unpaired) electrons. The summed E-state index contributed by atoms with van der Waals surface area (Å²) in [7, 11) is 0. The molecule has 36 heavy (non-hydrogen) atoms. The summed E-state index contributed by atoms with van der Waals surface area (Å²) in [6.45, 7) is 6.24. The molecule has 2 heterocycles. The van der Waals surface area contributed by atoms with Crippen LogP contribution in [0.3, 0.4) is 0 Å². The Bertz CT molecular complexity index is 1340. The van der Waals surface area contributed by atoms with Crippen molar-refractivity contribution in [1.29, 1.82) is 0 Å². The molecule has 2 aliphatic heterocycles. The summed E-state index contributed by atoms with van der Waals surface area (Å²) in [5.74, 6) is -0.120. The Morgan fingerprint density at radius 3 is 2.58 bits per heavy atom. The summed E-state index contributed by atoms with van der Waals surface area (Å²) >= 11 is 0. The van der Waals surface area contributed by atoms with E-state index in [1.807, 2.05) is 55.5 Å². The van der Waals surface area contributed by atoms with Gasteiger partial charge in [-0.25, -0.2) is 0 Å². The van der Waals surface area contributed by atoms with Gasteiger partial charge < -0.3 is 19.5 Å². The molecule has 0 aromatic heterocycles. The highest BCUT2D eigenvalue weighted by Gasteiger charge is 2.46. The average Bonchev–Trinajstić information content (AvgIpc) is 3.39. The van der Waals surface area contributed by atoms with E-state index in [2.05, 4.69) is 6.58 Å². The summed E-state index contributed by atoms with van der Waals surface area (Å²) in [5, 5.41) is 11.4. The Kier molecular flexibility index (Phi) is 6.34. The maximum Gasteiger partial charge on any atom is 0.295 e. The molecule has 0 bridgehead atoms. The summed E-state index contributed by atoms with van der Waals surface area (Å²) in [4.78, 5) is 28.1. The van der Waals surface area contributed by atoms with Crippen molar-refractivity contribution in [1.82, 2.24) is 4.90 Å². The molecule has 3 aromatic carbocycles. The van der Waals surface area contributed by atoms with Crippen LogP contribution in [-0.4, -0.2) is 34.4 Å². The van der Waals surface area contributed by atoms with Gasteiger partial charge in [0.05, 0.1) is 11.6 Å². The molecule has 0 spiro atoms. The molecule has 182 valence electrons. The number of nitrogens with zero attached hydrogens (tertiary/aromatic N) is 1. The number of rotatable bonds is 7. The Hall–Kier alpha value is -4.32. The van der Waals surface area contributed by atoms with Gasteiger partial charge in [0.1, 0.15) is 30.0 Å². The molecule has 1 saturated heterocycles. The average molecular weight is 482 g/mol. The van der Waals surface area contributed by atoms with Gasteiger partial charge in [0.2, 0.25) is 0 Å². The van der Waals surface area contributed by atoms with Crippen LogP contribution in [0.5, 0.6) is 11.5 Å². The van der Waals surface area contributed by atoms with Gasteiger partial charge in [-0.15, -0.1) is 0 Å². The minimum atomic E-state index is -0.748. The van der Waals surface area contributed by atoms with Gasteiger partial charge in [0.25, 0.3) is 11.7 Å². The second-order valence-corrected chi connectivity index (χ2v) is 9.04. The molecule has 0 aliphatic carbocycles. The fourth-order valence-corrected chi connectivity index (χ4v) is 4.80. The lowest BCUT2D eigenvalue weighted by atomic mass is 9.94. The van der Waals surface area contributed by atoms with Crippen LogP contribution in [-0.2, 0) is 22.6 Å². The molecule has 2 aliphatic rings. The molecule has 0 unspecified atom stereocenters. The smallest absolute Gasteiger partial charge is 0.295 e. The Morgan fingerprint density at radius 1 is 1.11 bits per heavy atom. The van der Waals surface area contributed by atoms with Gasteiger partial charge in [0.15, 0.2) is 0 Å². The van der Waals surface area contributed by atoms with Crippen molar-refractivity contribution in [2.75, 3.05) is 6.61 Å². The van der Waals surface area contributed by atoms with Crippen molar-refractivity contribution >= 4 is 17.4 Å². The predicted molar refractivity (Wildman–Crippen MR) is 137 cm³/mol. The van der Waals surface area contributed by atoms with Crippen LogP contribution < -0.4 is 9.47 Å². The van der Waals surface area contributed by atoms with E-state index in [9.17, 15) is 14.7 Å². The quantitative estimate of drug-likeness (QED) is 0.217. The Balaban J connectivity index is 1.59. The minimum Gasteiger partial charge on any atom is -0.507 e. The highest BCUT2D eigenvalue weighted by atomic mass is 16.5. The zero-order valence-corrected chi connectivity index (χ0v) is 20.0. The second kappa shape index (κ2) is 9.74. The number of amides is 1. The van der Waals surface area contributed by atoms with E-state index in [-0.39, 0.29) is 24.0 Å². The standard InChI is InChI=1S/C30H27NO5/c1-3-15-35-24-12-9-21(10-13-24)27-26(28(32)22-11-14-25-23(17-22)16-19(2)36-25)29(33)30(34)31(27)18-20-7-5-4-6-8-20/h3-14,17,19,27,32H,1,15-16,18H2,2H3/b28-26+/t19-,27-/m0/s1. The fraction of sp³-hybridized carbons (Fsp3) is 0.200. The molecule has 6 nitrogen and oxygen atoms in total. The van der Waals surface area contributed by atoms with Crippen molar-refractivity contribution in [2.45, 2.75) is 32.0 Å². The van der Waals surface area contributed by atoms with E-state index < -0.39 is 17.7 Å². The number of benzene rings is 3. The lowest BCUT2D eigenvalue weighted by Gasteiger charge is -2.25. The zero-order chi connectivity index (χ0) is 25.2. The summed E-state index contributed by atoms with van der Waals surface area (Å²) in [6.07, 6.45) is 2.43. The van der Waals surface area contributed by atoms with Crippen LogP contribution >= 0.6 is 0 Å². The van der Waals surface area contributed by atoms with Crippen molar-refractivity contribution in [3.63, 3.8) is 0 Å². The number of aliphatic hydroxyl groups excluding tert-OH is 1. The maximum absolute atomic E-state index is 13.3.